The van der Waals surface area contributed by atoms with E-state index in [0.29, 0.717) is 30.6 Å². The van der Waals surface area contributed by atoms with Crippen molar-refractivity contribution in [3.8, 4) is 0 Å². The number of para-hydroxylation sites is 1. The van der Waals surface area contributed by atoms with Gasteiger partial charge in [0.2, 0.25) is 0 Å². The molecular weight excluding hydrogens is 388 g/mol. The van der Waals surface area contributed by atoms with Crippen LogP contribution in [0.4, 0.5) is 11.6 Å². The standard InChI is InChI=1S/C20H24N6O2S/c27-8-3-11-29-20-23-18(12-19(24-20)26-6-9-28-10-7-26)25-22-14-15-13-21-17-5-2-1-4-16(15)17/h1-2,4-5,12-14,21,27H,3,6-11H2,(H,23,24,25). The Morgan fingerprint density at radius 1 is 1.28 bits per heavy atom. The van der Waals surface area contributed by atoms with Gasteiger partial charge in [-0.15, -0.1) is 0 Å². The van der Waals surface area contributed by atoms with Crippen LogP contribution in [-0.2, 0) is 4.74 Å². The molecule has 1 aromatic carbocycles. The zero-order valence-electron chi connectivity index (χ0n) is 16.0. The van der Waals surface area contributed by atoms with E-state index in [1.54, 1.807) is 6.21 Å². The smallest absolute Gasteiger partial charge is 0.191 e. The molecule has 0 aliphatic carbocycles. The fourth-order valence-electron chi connectivity index (χ4n) is 3.09. The van der Waals surface area contributed by atoms with Crippen LogP contribution in [0.25, 0.3) is 10.9 Å². The van der Waals surface area contributed by atoms with Gasteiger partial charge in [-0.05, 0) is 12.5 Å². The number of thioether (sulfide) groups is 1. The molecule has 0 saturated carbocycles. The number of morpholine rings is 1. The maximum absolute atomic E-state index is 9.03. The number of ether oxygens (including phenoxy) is 1. The highest BCUT2D eigenvalue weighted by Crippen LogP contribution is 2.23. The maximum Gasteiger partial charge on any atom is 0.191 e. The molecule has 3 aromatic rings. The van der Waals surface area contributed by atoms with Crippen molar-refractivity contribution in [3.05, 3.63) is 42.1 Å². The average Bonchev–Trinajstić information content (AvgIpc) is 3.18. The summed E-state index contributed by atoms with van der Waals surface area (Å²) in [6.07, 6.45) is 4.43. The van der Waals surface area contributed by atoms with E-state index in [-0.39, 0.29) is 6.61 Å². The van der Waals surface area contributed by atoms with E-state index in [1.165, 1.54) is 11.8 Å². The van der Waals surface area contributed by atoms with Crippen molar-refractivity contribution >= 4 is 40.5 Å². The van der Waals surface area contributed by atoms with Crippen LogP contribution in [-0.4, -0.2) is 64.9 Å². The van der Waals surface area contributed by atoms with Gasteiger partial charge in [-0.25, -0.2) is 9.97 Å². The molecule has 3 N–H and O–H groups in total. The van der Waals surface area contributed by atoms with Crippen molar-refractivity contribution in [2.24, 2.45) is 5.10 Å². The highest BCUT2D eigenvalue weighted by Gasteiger charge is 2.15. The first-order chi connectivity index (χ1) is 14.3. The van der Waals surface area contributed by atoms with Crippen LogP contribution >= 0.6 is 11.8 Å². The number of aromatic nitrogens is 3. The van der Waals surface area contributed by atoms with Gasteiger partial charge in [0.1, 0.15) is 5.82 Å². The molecule has 0 radical (unpaired) electrons. The molecule has 1 saturated heterocycles. The molecule has 0 atom stereocenters. The second-order valence-corrected chi connectivity index (χ2v) is 7.64. The number of nitrogens with one attached hydrogen (secondary N) is 2. The van der Waals surface area contributed by atoms with Gasteiger partial charge in [-0.1, -0.05) is 30.0 Å². The predicted octanol–water partition coefficient (Wildman–Crippen LogP) is 2.72. The van der Waals surface area contributed by atoms with Gasteiger partial charge in [0.05, 0.1) is 19.4 Å². The molecule has 1 fully saturated rings. The van der Waals surface area contributed by atoms with Crippen molar-refractivity contribution in [3.63, 3.8) is 0 Å². The predicted molar refractivity (Wildman–Crippen MR) is 117 cm³/mol. The molecule has 2 aromatic heterocycles. The fourth-order valence-corrected chi connectivity index (χ4v) is 3.86. The van der Waals surface area contributed by atoms with Gasteiger partial charge < -0.3 is 19.7 Å². The van der Waals surface area contributed by atoms with Gasteiger partial charge in [-0.3, -0.25) is 5.43 Å². The van der Waals surface area contributed by atoms with E-state index < -0.39 is 0 Å². The molecule has 0 bridgehead atoms. The van der Waals surface area contributed by atoms with Crippen LogP contribution in [0.1, 0.15) is 12.0 Å². The van der Waals surface area contributed by atoms with Crippen LogP contribution < -0.4 is 10.3 Å². The Hall–Kier alpha value is -2.62. The van der Waals surface area contributed by atoms with E-state index in [4.69, 9.17) is 9.84 Å². The molecule has 0 spiro atoms. The van der Waals surface area contributed by atoms with Crippen molar-refractivity contribution < 1.29 is 9.84 Å². The normalized spacial score (nSPS) is 14.7. The van der Waals surface area contributed by atoms with E-state index in [9.17, 15) is 0 Å². The number of nitrogens with zero attached hydrogens (tertiary/aromatic N) is 4. The zero-order chi connectivity index (χ0) is 19.9. The summed E-state index contributed by atoms with van der Waals surface area (Å²) in [6, 6.07) is 10.0. The monoisotopic (exact) mass is 412 g/mol. The van der Waals surface area contributed by atoms with Crippen LogP contribution in [0.5, 0.6) is 0 Å². The summed E-state index contributed by atoms with van der Waals surface area (Å²) in [6.45, 7) is 3.15. The lowest BCUT2D eigenvalue weighted by molar-refractivity contribution is 0.122. The Bertz CT molecular complexity index is 971. The van der Waals surface area contributed by atoms with E-state index in [0.717, 1.165) is 41.1 Å². The van der Waals surface area contributed by atoms with Crippen LogP contribution in [0, 0.1) is 0 Å². The minimum Gasteiger partial charge on any atom is -0.396 e. The topological polar surface area (TPSA) is 98.7 Å². The third-order valence-electron chi connectivity index (χ3n) is 4.56. The van der Waals surface area contributed by atoms with Crippen LogP contribution in [0.3, 0.4) is 0 Å². The van der Waals surface area contributed by atoms with Gasteiger partial charge in [0.25, 0.3) is 0 Å². The number of aliphatic hydroxyl groups excluding tert-OH is 1. The first-order valence-corrected chi connectivity index (χ1v) is 10.6. The van der Waals surface area contributed by atoms with E-state index in [2.05, 4.69) is 36.4 Å². The Balaban J connectivity index is 1.52. The van der Waals surface area contributed by atoms with Gasteiger partial charge in [0, 0.05) is 54.2 Å². The van der Waals surface area contributed by atoms with Crippen molar-refractivity contribution in [1.82, 2.24) is 15.0 Å². The Morgan fingerprint density at radius 3 is 3.00 bits per heavy atom. The molecule has 29 heavy (non-hydrogen) atoms. The first-order valence-electron chi connectivity index (χ1n) is 9.64. The average molecular weight is 413 g/mol. The summed E-state index contributed by atoms with van der Waals surface area (Å²) in [5, 5.41) is 15.2. The number of anilines is 2. The van der Waals surface area contributed by atoms with Crippen LogP contribution in [0.2, 0.25) is 0 Å². The summed E-state index contributed by atoms with van der Waals surface area (Å²) in [5.74, 6) is 2.27. The molecule has 0 unspecified atom stereocenters. The third kappa shape index (κ3) is 5.06. The Kier molecular flexibility index (Phi) is 6.60. The minimum atomic E-state index is 0.163. The minimum absolute atomic E-state index is 0.163. The molecule has 4 rings (SSSR count). The number of aliphatic hydroxyl groups is 1. The summed E-state index contributed by atoms with van der Waals surface area (Å²) < 4.78 is 5.44. The van der Waals surface area contributed by atoms with Crippen LogP contribution in [0.15, 0.2) is 46.8 Å². The number of H-pyrrole nitrogens is 1. The van der Waals surface area contributed by atoms with Crippen molar-refractivity contribution in [2.45, 2.75) is 11.6 Å². The molecule has 9 heteroatoms. The molecule has 0 amide bonds. The van der Waals surface area contributed by atoms with E-state index in [1.807, 2.05) is 30.5 Å². The Labute approximate surface area is 173 Å². The largest absolute Gasteiger partial charge is 0.396 e. The van der Waals surface area contributed by atoms with Crippen molar-refractivity contribution in [1.29, 1.82) is 0 Å². The highest BCUT2D eigenvalue weighted by atomic mass is 32.2. The first kappa shape index (κ1) is 19.7. The molecule has 1 aliphatic heterocycles. The summed E-state index contributed by atoms with van der Waals surface area (Å²) in [7, 11) is 0. The van der Waals surface area contributed by atoms with Crippen molar-refractivity contribution in [2.75, 3.05) is 49.0 Å². The molecule has 8 nitrogen and oxygen atoms in total. The summed E-state index contributed by atoms with van der Waals surface area (Å²) in [4.78, 5) is 14.7. The molecule has 152 valence electrons. The maximum atomic E-state index is 9.03. The Morgan fingerprint density at radius 2 is 2.14 bits per heavy atom. The molecule has 3 heterocycles. The number of hydrogen-bond donors (Lipinski definition) is 3. The quantitative estimate of drug-likeness (QED) is 0.172. The van der Waals surface area contributed by atoms with Gasteiger partial charge in [0.15, 0.2) is 11.0 Å². The lowest BCUT2D eigenvalue weighted by atomic mass is 10.2. The third-order valence-corrected chi connectivity index (χ3v) is 5.50. The zero-order valence-corrected chi connectivity index (χ0v) is 16.9. The molecule has 1 aliphatic rings. The summed E-state index contributed by atoms with van der Waals surface area (Å²) >= 11 is 1.53. The lowest BCUT2D eigenvalue weighted by Gasteiger charge is -2.28. The van der Waals surface area contributed by atoms with E-state index >= 15 is 0 Å². The number of aromatic amines is 1. The highest BCUT2D eigenvalue weighted by molar-refractivity contribution is 7.99. The SMILES string of the molecule is OCCCSc1nc(NN=Cc2c[nH]c3ccccc23)cc(N2CCOCC2)n1. The summed E-state index contributed by atoms with van der Waals surface area (Å²) in [5.41, 5.74) is 5.13. The number of rotatable bonds is 8. The fraction of sp³-hybridized carbons (Fsp3) is 0.350. The molecular formula is C20H24N6O2S. The number of hydrazone groups is 1. The number of fused-ring (bicyclic) bond motifs is 1. The number of hydrogen-bond acceptors (Lipinski definition) is 8. The van der Waals surface area contributed by atoms with Gasteiger partial charge >= 0.3 is 0 Å². The number of benzene rings is 1. The second-order valence-electron chi connectivity index (χ2n) is 6.58. The second kappa shape index (κ2) is 9.73. The van der Waals surface area contributed by atoms with Gasteiger partial charge in [-0.2, -0.15) is 5.10 Å². The lowest BCUT2D eigenvalue weighted by Crippen LogP contribution is -2.36.